The van der Waals surface area contributed by atoms with E-state index in [2.05, 4.69) is 36.0 Å². The number of pyridine rings is 1. The molecule has 3 heterocycles. The van der Waals surface area contributed by atoms with Crippen molar-refractivity contribution >= 4 is 38.8 Å². The fraction of sp³-hybridized carbons (Fsp3) is 0.474. The molecule has 3 aromatic heterocycles. The number of aromatic nitrogens is 5. The molecule has 0 spiro atoms. The summed E-state index contributed by atoms with van der Waals surface area (Å²) in [5.41, 5.74) is 0.722. The van der Waals surface area contributed by atoms with Crippen LogP contribution in [0.2, 0.25) is 0 Å². The number of rotatable bonds is 9. The lowest BCUT2D eigenvalue weighted by molar-refractivity contribution is -0.115. The van der Waals surface area contributed by atoms with Crippen LogP contribution in [0.25, 0.3) is 0 Å². The third-order valence-electron chi connectivity index (χ3n) is 4.95. The van der Waals surface area contributed by atoms with Crippen LogP contribution in [0.4, 0.5) is 10.3 Å². The number of aliphatic hydroxyl groups excluding tert-OH is 1. The van der Waals surface area contributed by atoms with Gasteiger partial charge in [-0.2, -0.15) is 0 Å². The molecule has 3 N–H and O–H groups in total. The van der Waals surface area contributed by atoms with E-state index < -0.39 is 6.23 Å². The van der Waals surface area contributed by atoms with Crippen molar-refractivity contribution in [3.05, 3.63) is 40.1 Å². The summed E-state index contributed by atoms with van der Waals surface area (Å²) in [6, 6.07) is 5.50. The second kappa shape index (κ2) is 9.54. The van der Waals surface area contributed by atoms with Crippen LogP contribution in [0.15, 0.2) is 24.4 Å². The zero-order valence-electron chi connectivity index (χ0n) is 16.5. The quantitative estimate of drug-likeness (QED) is 0.429. The van der Waals surface area contributed by atoms with Crippen LogP contribution in [0, 0.1) is 5.92 Å². The summed E-state index contributed by atoms with van der Waals surface area (Å²) in [6.45, 7) is 1.90. The number of carbonyl (C=O) groups excluding carboxylic acids is 1. The second-order valence-corrected chi connectivity index (χ2v) is 9.37. The monoisotopic (exact) mass is 445 g/mol. The largest absolute Gasteiger partial charge is 0.374 e. The number of carbonyl (C=O) groups is 1. The minimum Gasteiger partial charge on any atom is -0.374 e. The highest BCUT2D eigenvalue weighted by Crippen LogP contribution is 2.45. The Hall–Kier alpha value is -2.50. The molecule has 9 nitrogen and oxygen atoms in total. The van der Waals surface area contributed by atoms with Crippen molar-refractivity contribution < 1.29 is 9.90 Å². The zero-order chi connectivity index (χ0) is 20.9. The molecular formula is C19H23N7O2S2. The van der Waals surface area contributed by atoms with Crippen LogP contribution >= 0.6 is 22.7 Å². The highest BCUT2D eigenvalue weighted by atomic mass is 32.1. The molecule has 1 amide bonds. The maximum absolute atomic E-state index is 12.1. The predicted molar refractivity (Wildman–Crippen MR) is 115 cm³/mol. The van der Waals surface area contributed by atoms with Crippen molar-refractivity contribution in [1.29, 1.82) is 0 Å². The number of aliphatic hydroxyl groups is 1. The van der Waals surface area contributed by atoms with E-state index in [9.17, 15) is 9.90 Å². The normalized spacial score (nSPS) is 19.1. The molecule has 158 valence electrons. The summed E-state index contributed by atoms with van der Waals surface area (Å²) in [5, 5.41) is 35.2. The van der Waals surface area contributed by atoms with Gasteiger partial charge in [0.2, 0.25) is 16.2 Å². The minimum absolute atomic E-state index is 0.144. The van der Waals surface area contributed by atoms with Gasteiger partial charge in [0.15, 0.2) is 0 Å². The summed E-state index contributed by atoms with van der Waals surface area (Å²) >= 11 is 2.93. The number of hydrogen-bond donors (Lipinski definition) is 3. The topological polar surface area (TPSA) is 126 Å². The highest BCUT2D eigenvalue weighted by molar-refractivity contribution is 7.15. The fourth-order valence-corrected chi connectivity index (χ4v) is 5.06. The van der Waals surface area contributed by atoms with Crippen LogP contribution < -0.4 is 10.6 Å². The standard InChI is InChI=1S/C19H23N7O2S2/c1-2-14(27)21-19-26-24-17(30-19)12-7-11(8-12)9-16-23-25-18(29-16)22-15(28)10-13-5-3-4-6-20-13/h3-6,11-12,14,27H,2,7-10H2,1H3,(H,21,26)(H,22,25,28)/t11-,12-,14?. The molecule has 3 aromatic rings. The smallest absolute Gasteiger partial charge is 0.232 e. The van der Waals surface area contributed by atoms with Crippen LogP contribution in [0.3, 0.4) is 0 Å². The molecule has 0 radical (unpaired) electrons. The van der Waals surface area contributed by atoms with E-state index in [1.165, 1.54) is 22.7 Å². The molecule has 4 rings (SSSR count). The first-order chi connectivity index (χ1) is 14.6. The average Bonchev–Trinajstić information content (AvgIpc) is 3.34. The maximum Gasteiger partial charge on any atom is 0.232 e. The summed E-state index contributed by atoms with van der Waals surface area (Å²) in [6.07, 6.45) is 4.84. The number of nitrogens with zero attached hydrogens (tertiary/aromatic N) is 5. The van der Waals surface area contributed by atoms with Crippen molar-refractivity contribution in [2.75, 3.05) is 10.6 Å². The van der Waals surface area contributed by atoms with E-state index in [0.717, 1.165) is 35.0 Å². The Morgan fingerprint density at radius 1 is 1.20 bits per heavy atom. The summed E-state index contributed by atoms with van der Waals surface area (Å²) in [5.74, 6) is 0.794. The van der Waals surface area contributed by atoms with Gasteiger partial charge < -0.3 is 15.7 Å². The molecule has 1 atom stereocenters. The number of anilines is 2. The van der Waals surface area contributed by atoms with Gasteiger partial charge in [0.25, 0.3) is 0 Å². The van der Waals surface area contributed by atoms with Gasteiger partial charge >= 0.3 is 0 Å². The van der Waals surface area contributed by atoms with Gasteiger partial charge in [-0.25, -0.2) is 0 Å². The summed E-state index contributed by atoms with van der Waals surface area (Å²) < 4.78 is 0. The summed E-state index contributed by atoms with van der Waals surface area (Å²) in [7, 11) is 0. The first kappa shape index (κ1) is 20.8. The lowest BCUT2D eigenvalue weighted by atomic mass is 9.74. The molecule has 1 saturated carbocycles. The van der Waals surface area contributed by atoms with E-state index in [-0.39, 0.29) is 12.3 Å². The summed E-state index contributed by atoms with van der Waals surface area (Å²) in [4.78, 5) is 16.3. The third-order valence-corrected chi connectivity index (χ3v) is 6.82. The zero-order valence-corrected chi connectivity index (χ0v) is 18.1. The Kier molecular flexibility index (Phi) is 6.60. The van der Waals surface area contributed by atoms with Gasteiger partial charge in [-0.05, 0) is 37.3 Å². The lowest BCUT2D eigenvalue weighted by Gasteiger charge is -2.32. The molecular weight excluding hydrogens is 422 g/mol. The van der Waals surface area contributed by atoms with Crippen LogP contribution in [0.1, 0.15) is 47.8 Å². The Labute approximate surface area is 182 Å². The molecule has 1 aliphatic rings. The SMILES string of the molecule is CCC(O)Nc1nnc([C@H]2C[C@H](Cc3nnc(NC(=O)Cc4ccccn4)s3)C2)s1. The molecule has 11 heteroatoms. The Bertz CT molecular complexity index is 972. The predicted octanol–water partition coefficient (Wildman–Crippen LogP) is 2.84. The maximum atomic E-state index is 12.1. The van der Waals surface area contributed by atoms with Gasteiger partial charge in [-0.1, -0.05) is 35.7 Å². The number of amides is 1. The van der Waals surface area contributed by atoms with Crippen LogP contribution in [0.5, 0.6) is 0 Å². The average molecular weight is 446 g/mol. The molecule has 1 fully saturated rings. The molecule has 1 aliphatic carbocycles. The van der Waals surface area contributed by atoms with Gasteiger partial charge in [0, 0.05) is 24.2 Å². The van der Waals surface area contributed by atoms with E-state index in [1.54, 1.807) is 6.20 Å². The number of hydrogen-bond acceptors (Lipinski definition) is 10. The van der Waals surface area contributed by atoms with Crippen molar-refractivity contribution in [3.63, 3.8) is 0 Å². The van der Waals surface area contributed by atoms with E-state index in [1.807, 2.05) is 25.1 Å². The molecule has 0 aromatic carbocycles. The first-order valence-electron chi connectivity index (χ1n) is 9.89. The highest BCUT2D eigenvalue weighted by Gasteiger charge is 2.33. The van der Waals surface area contributed by atoms with Crippen LogP contribution in [-0.4, -0.2) is 42.6 Å². The van der Waals surface area contributed by atoms with Crippen LogP contribution in [-0.2, 0) is 17.6 Å². The Morgan fingerprint density at radius 3 is 2.80 bits per heavy atom. The second-order valence-electron chi connectivity index (χ2n) is 7.30. The Morgan fingerprint density at radius 2 is 2.03 bits per heavy atom. The van der Waals surface area contributed by atoms with Gasteiger partial charge in [-0.3, -0.25) is 9.78 Å². The molecule has 0 saturated heterocycles. The van der Waals surface area contributed by atoms with Crippen molar-refractivity contribution in [2.24, 2.45) is 5.92 Å². The van der Waals surface area contributed by atoms with Gasteiger partial charge in [0.05, 0.1) is 6.42 Å². The molecule has 1 unspecified atom stereocenters. The molecule has 0 aliphatic heterocycles. The van der Waals surface area contributed by atoms with Gasteiger partial charge in [0.1, 0.15) is 16.2 Å². The van der Waals surface area contributed by atoms with E-state index in [0.29, 0.717) is 28.5 Å². The first-order valence-corrected chi connectivity index (χ1v) is 11.5. The molecule has 0 bridgehead atoms. The third kappa shape index (κ3) is 5.35. The van der Waals surface area contributed by atoms with Crippen molar-refractivity contribution in [3.8, 4) is 0 Å². The van der Waals surface area contributed by atoms with Gasteiger partial charge in [-0.15, -0.1) is 20.4 Å². The fourth-order valence-electron chi connectivity index (χ4n) is 3.27. The van der Waals surface area contributed by atoms with E-state index in [4.69, 9.17) is 0 Å². The van der Waals surface area contributed by atoms with Crippen molar-refractivity contribution in [2.45, 2.75) is 51.2 Å². The lowest BCUT2D eigenvalue weighted by Crippen LogP contribution is -2.23. The Balaban J connectivity index is 1.22. The minimum atomic E-state index is -0.587. The number of nitrogens with one attached hydrogen (secondary N) is 2. The van der Waals surface area contributed by atoms with Crippen molar-refractivity contribution in [1.82, 2.24) is 25.4 Å². The van der Waals surface area contributed by atoms with E-state index >= 15 is 0 Å². The molecule has 30 heavy (non-hydrogen) atoms.